The van der Waals surface area contributed by atoms with E-state index in [0.29, 0.717) is 5.92 Å². The monoisotopic (exact) mass is 267 g/mol. The summed E-state index contributed by atoms with van der Waals surface area (Å²) in [5, 5.41) is 3.42. The molecule has 0 spiro atoms. The van der Waals surface area contributed by atoms with E-state index in [-0.39, 0.29) is 0 Å². The molecule has 3 nitrogen and oxygen atoms in total. The molecule has 3 rings (SSSR count). The summed E-state index contributed by atoms with van der Waals surface area (Å²) in [5.41, 5.74) is 3.88. The van der Waals surface area contributed by atoms with Gasteiger partial charge in [-0.2, -0.15) is 0 Å². The predicted molar refractivity (Wildman–Crippen MR) is 80.9 cm³/mol. The number of piperidine rings is 1. The van der Waals surface area contributed by atoms with Crippen LogP contribution < -0.4 is 5.32 Å². The second-order valence-electron chi connectivity index (χ2n) is 5.51. The number of nitrogens with one attached hydrogen (secondary N) is 1. The van der Waals surface area contributed by atoms with E-state index >= 15 is 0 Å². The van der Waals surface area contributed by atoms with Gasteiger partial charge in [-0.25, -0.2) is 9.97 Å². The van der Waals surface area contributed by atoms with Crippen molar-refractivity contribution in [3.63, 3.8) is 0 Å². The Balaban J connectivity index is 1.89. The lowest BCUT2D eigenvalue weighted by Gasteiger charge is -2.24. The Morgan fingerprint density at radius 1 is 1.15 bits per heavy atom. The maximum Gasteiger partial charge on any atom is 0.125 e. The minimum absolute atomic E-state index is 0.580. The molecule has 3 heteroatoms. The van der Waals surface area contributed by atoms with Crippen LogP contribution in [0.15, 0.2) is 36.5 Å². The van der Waals surface area contributed by atoms with Crippen molar-refractivity contribution >= 4 is 0 Å². The zero-order valence-corrected chi connectivity index (χ0v) is 12.0. The van der Waals surface area contributed by atoms with Gasteiger partial charge >= 0.3 is 0 Å². The molecule has 0 atom stereocenters. The number of aromatic nitrogens is 2. The molecule has 1 aliphatic heterocycles. The number of hydrogen-bond acceptors (Lipinski definition) is 3. The topological polar surface area (TPSA) is 37.8 Å². The van der Waals surface area contributed by atoms with Crippen LogP contribution in [0.25, 0.3) is 0 Å². The first-order valence-electron chi connectivity index (χ1n) is 7.40. The average Bonchev–Trinajstić information content (AvgIpc) is 2.51. The highest BCUT2D eigenvalue weighted by Crippen LogP contribution is 2.27. The standard InChI is InChI=1S/C17H21N3/c1-13-19-12-16(11-14-5-3-2-4-6-14)17(20-13)15-7-9-18-10-8-15/h2-6,12,15,18H,7-11H2,1H3. The van der Waals surface area contributed by atoms with E-state index < -0.39 is 0 Å². The summed E-state index contributed by atoms with van der Waals surface area (Å²) in [5.74, 6) is 1.46. The first-order valence-corrected chi connectivity index (χ1v) is 7.40. The molecule has 1 aromatic heterocycles. The lowest BCUT2D eigenvalue weighted by molar-refractivity contribution is 0.450. The first-order chi connectivity index (χ1) is 9.83. The zero-order chi connectivity index (χ0) is 13.8. The largest absolute Gasteiger partial charge is 0.317 e. The fourth-order valence-corrected chi connectivity index (χ4v) is 2.91. The zero-order valence-electron chi connectivity index (χ0n) is 12.0. The van der Waals surface area contributed by atoms with E-state index in [1.165, 1.54) is 29.7 Å². The summed E-state index contributed by atoms with van der Waals surface area (Å²) < 4.78 is 0. The lowest BCUT2D eigenvalue weighted by Crippen LogP contribution is -2.27. The Kier molecular flexibility index (Phi) is 4.07. The average molecular weight is 267 g/mol. The second-order valence-corrected chi connectivity index (χ2v) is 5.51. The smallest absolute Gasteiger partial charge is 0.125 e. The molecule has 1 aliphatic rings. The molecule has 1 fully saturated rings. The minimum atomic E-state index is 0.580. The van der Waals surface area contributed by atoms with Gasteiger partial charge in [0.05, 0.1) is 5.69 Å². The summed E-state index contributed by atoms with van der Waals surface area (Å²) in [6.45, 7) is 4.17. The van der Waals surface area contributed by atoms with Crippen LogP contribution in [-0.4, -0.2) is 23.1 Å². The van der Waals surface area contributed by atoms with Crippen LogP contribution >= 0.6 is 0 Å². The van der Waals surface area contributed by atoms with Crippen molar-refractivity contribution in [3.8, 4) is 0 Å². The van der Waals surface area contributed by atoms with E-state index in [2.05, 4.69) is 40.6 Å². The van der Waals surface area contributed by atoms with Gasteiger partial charge in [-0.15, -0.1) is 0 Å². The van der Waals surface area contributed by atoms with Gasteiger partial charge in [-0.3, -0.25) is 0 Å². The summed E-state index contributed by atoms with van der Waals surface area (Å²) >= 11 is 0. The normalized spacial score (nSPS) is 16.2. The molecule has 0 amide bonds. The molecule has 0 radical (unpaired) electrons. The van der Waals surface area contributed by atoms with Crippen LogP contribution in [0, 0.1) is 6.92 Å². The fraction of sp³-hybridized carbons (Fsp3) is 0.412. The molecule has 1 saturated heterocycles. The number of aryl methyl sites for hydroxylation is 1. The molecule has 0 unspecified atom stereocenters. The Hall–Kier alpha value is -1.74. The molecular weight excluding hydrogens is 246 g/mol. The number of benzene rings is 1. The maximum absolute atomic E-state index is 4.75. The van der Waals surface area contributed by atoms with Crippen LogP contribution in [-0.2, 0) is 6.42 Å². The van der Waals surface area contributed by atoms with Crippen LogP contribution in [0.3, 0.4) is 0 Å². The third-order valence-electron chi connectivity index (χ3n) is 3.98. The lowest BCUT2D eigenvalue weighted by atomic mass is 9.90. The summed E-state index contributed by atoms with van der Waals surface area (Å²) in [7, 11) is 0. The van der Waals surface area contributed by atoms with Crippen molar-refractivity contribution in [3.05, 3.63) is 59.2 Å². The molecular formula is C17H21N3. The summed E-state index contributed by atoms with van der Waals surface area (Å²) in [6, 6.07) is 10.6. The molecule has 0 saturated carbocycles. The van der Waals surface area contributed by atoms with Crippen molar-refractivity contribution in [1.29, 1.82) is 0 Å². The molecule has 1 aromatic carbocycles. The summed E-state index contributed by atoms with van der Waals surface area (Å²) in [4.78, 5) is 9.16. The van der Waals surface area contributed by atoms with E-state index in [0.717, 1.165) is 25.3 Å². The number of hydrogen-bond donors (Lipinski definition) is 1. The van der Waals surface area contributed by atoms with E-state index in [4.69, 9.17) is 4.98 Å². The van der Waals surface area contributed by atoms with Crippen molar-refractivity contribution in [2.24, 2.45) is 0 Å². The number of rotatable bonds is 3. The van der Waals surface area contributed by atoms with Crippen molar-refractivity contribution in [2.75, 3.05) is 13.1 Å². The Bertz CT molecular complexity index is 560. The quantitative estimate of drug-likeness (QED) is 0.929. The fourth-order valence-electron chi connectivity index (χ4n) is 2.91. The first kappa shape index (κ1) is 13.3. The van der Waals surface area contributed by atoms with Gasteiger partial charge in [0.1, 0.15) is 5.82 Å². The molecule has 104 valence electrons. The van der Waals surface area contributed by atoms with Crippen molar-refractivity contribution in [2.45, 2.75) is 32.1 Å². The molecule has 2 heterocycles. The molecule has 1 N–H and O–H groups in total. The second kappa shape index (κ2) is 6.14. The van der Waals surface area contributed by atoms with Gasteiger partial charge in [0.25, 0.3) is 0 Å². The predicted octanol–water partition coefficient (Wildman–Crippen LogP) is 2.84. The maximum atomic E-state index is 4.75. The Labute approximate surface area is 120 Å². The van der Waals surface area contributed by atoms with E-state index in [1.54, 1.807) is 0 Å². The van der Waals surface area contributed by atoms with E-state index in [9.17, 15) is 0 Å². The minimum Gasteiger partial charge on any atom is -0.317 e. The molecule has 2 aromatic rings. The van der Waals surface area contributed by atoms with Gasteiger partial charge in [-0.1, -0.05) is 30.3 Å². The SMILES string of the molecule is Cc1ncc(Cc2ccccc2)c(C2CCNCC2)n1. The van der Waals surface area contributed by atoms with Crippen LogP contribution in [0.2, 0.25) is 0 Å². The van der Waals surface area contributed by atoms with E-state index in [1.807, 2.05) is 13.1 Å². The third-order valence-corrected chi connectivity index (χ3v) is 3.98. The van der Waals surface area contributed by atoms with Crippen molar-refractivity contribution in [1.82, 2.24) is 15.3 Å². The van der Waals surface area contributed by atoms with Gasteiger partial charge in [-0.05, 0) is 44.0 Å². The van der Waals surface area contributed by atoms with Crippen LogP contribution in [0.5, 0.6) is 0 Å². The van der Waals surface area contributed by atoms with Crippen LogP contribution in [0.1, 0.15) is 41.4 Å². The third kappa shape index (κ3) is 3.05. The van der Waals surface area contributed by atoms with Crippen LogP contribution in [0.4, 0.5) is 0 Å². The van der Waals surface area contributed by atoms with Gasteiger partial charge in [0.15, 0.2) is 0 Å². The Morgan fingerprint density at radius 3 is 2.65 bits per heavy atom. The van der Waals surface area contributed by atoms with Gasteiger partial charge in [0, 0.05) is 18.5 Å². The highest BCUT2D eigenvalue weighted by molar-refractivity contribution is 5.29. The number of nitrogens with zero attached hydrogens (tertiary/aromatic N) is 2. The summed E-state index contributed by atoms with van der Waals surface area (Å²) in [6.07, 6.45) is 5.31. The molecule has 0 aliphatic carbocycles. The molecule has 20 heavy (non-hydrogen) atoms. The van der Waals surface area contributed by atoms with Gasteiger partial charge in [0.2, 0.25) is 0 Å². The Morgan fingerprint density at radius 2 is 1.90 bits per heavy atom. The molecule has 0 bridgehead atoms. The van der Waals surface area contributed by atoms with Gasteiger partial charge < -0.3 is 5.32 Å². The highest BCUT2D eigenvalue weighted by atomic mass is 14.9. The van der Waals surface area contributed by atoms with Crippen molar-refractivity contribution < 1.29 is 0 Å². The highest BCUT2D eigenvalue weighted by Gasteiger charge is 2.20.